The first-order valence-electron chi connectivity index (χ1n) is 11.7. The molecule has 1 aromatic rings. The van der Waals surface area contributed by atoms with Crippen molar-refractivity contribution in [2.75, 3.05) is 17.2 Å². The van der Waals surface area contributed by atoms with Crippen molar-refractivity contribution in [2.45, 2.75) is 64.4 Å². The number of nitrogens with one attached hydrogen (secondary N) is 5. The zero-order valence-electron chi connectivity index (χ0n) is 19.0. The molecule has 0 spiro atoms. The van der Waals surface area contributed by atoms with Crippen molar-refractivity contribution in [2.24, 2.45) is 11.8 Å². The van der Waals surface area contributed by atoms with Gasteiger partial charge in [0.05, 0.1) is 18.0 Å². The van der Waals surface area contributed by atoms with Crippen molar-refractivity contribution in [1.29, 1.82) is 0 Å². The van der Waals surface area contributed by atoms with Gasteiger partial charge < -0.3 is 21.3 Å². The topological polar surface area (TPSA) is 132 Å². The van der Waals surface area contributed by atoms with Crippen molar-refractivity contribution in [3.63, 3.8) is 0 Å². The molecule has 3 heterocycles. The standard InChI is InChI=1S/C23H32N6O4/c1-3-16-6-4-5-11-29(16)23-27-20-19(22(33)28-23)17(12-18(31)26-20)21(32)25-15-9-7-14(8-10-15)24-13(2)30/h7-10,16-17,19-20,23,27H,3-6,11-12H2,1-2H3,(H,24,30)(H,25,32)(H,26,31)(H,28,33). The molecule has 4 rings (SSSR count). The van der Waals surface area contributed by atoms with Crippen LogP contribution in [0.4, 0.5) is 11.4 Å². The fourth-order valence-corrected chi connectivity index (χ4v) is 5.11. The summed E-state index contributed by atoms with van der Waals surface area (Å²) in [5.74, 6) is -2.56. The largest absolute Gasteiger partial charge is 0.340 e. The van der Waals surface area contributed by atoms with Gasteiger partial charge in [0, 0.05) is 37.3 Å². The molecular weight excluding hydrogens is 424 g/mol. The highest BCUT2D eigenvalue weighted by atomic mass is 16.2. The van der Waals surface area contributed by atoms with Crippen molar-refractivity contribution in [1.82, 2.24) is 20.9 Å². The van der Waals surface area contributed by atoms with E-state index in [0.717, 1.165) is 25.8 Å². The molecule has 5 N–H and O–H groups in total. The van der Waals surface area contributed by atoms with Crippen LogP contribution in [-0.2, 0) is 19.2 Å². The first-order valence-corrected chi connectivity index (χ1v) is 11.7. The molecule has 10 heteroatoms. The van der Waals surface area contributed by atoms with Gasteiger partial charge in [0.25, 0.3) is 0 Å². The van der Waals surface area contributed by atoms with Crippen molar-refractivity contribution in [3.8, 4) is 0 Å². The summed E-state index contributed by atoms with van der Waals surface area (Å²) in [5.41, 5.74) is 1.14. The molecule has 5 atom stereocenters. The molecule has 3 fully saturated rings. The van der Waals surface area contributed by atoms with Crippen molar-refractivity contribution in [3.05, 3.63) is 24.3 Å². The molecule has 3 aliphatic rings. The Morgan fingerprint density at radius 1 is 1.06 bits per heavy atom. The van der Waals surface area contributed by atoms with Crippen LogP contribution in [0.5, 0.6) is 0 Å². The van der Waals surface area contributed by atoms with E-state index in [-0.39, 0.29) is 36.3 Å². The van der Waals surface area contributed by atoms with E-state index in [4.69, 9.17) is 0 Å². The smallest absolute Gasteiger partial charge is 0.229 e. The first kappa shape index (κ1) is 23.2. The van der Waals surface area contributed by atoms with Crippen LogP contribution in [0.15, 0.2) is 24.3 Å². The Kier molecular flexibility index (Phi) is 6.94. The lowest BCUT2D eigenvalue weighted by Gasteiger charge is -2.49. The molecule has 5 unspecified atom stereocenters. The minimum absolute atomic E-state index is 0.0575. The van der Waals surface area contributed by atoms with Gasteiger partial charge in [-0.2, -0.15) is 0 Å². The molecule has 3 saturated heterocycles. The number of carbonyl (C=O) groups excluding carboxylic acids is 4. The summed E-state index contributed by atoms with van der Waals surface area (Å²) in [6.45, 7) is 4.43. The van der Waals surface area contributed by atoms with Crippen molar-refractivity contribution < 1.29 is 19.2 Å². The lowest BCUT2D eigenvalue weighted by atomic mass is 9.81. The Hall–Kier alpha value is -2.98. The minimum atomic E-state index is -0.796. The van der Waals surface area contributed by atoms with Gasteiger partial charge in [0.15, 0.2) is 0 Å². The second kappa shape index (κ2) is 9.88. The predicted octanol–water partition coefficient (Wildman–Crippen LogP) is 0.929. The number of likely N-dealkylation sites (tertiary alicyclic amines) is 1. The summed E-state index contributed by atoms with van der Waals surface area (Å²) < 4.78 is 0. The van der Waals surface area contributed by atoms with Crippen LogP contribution < -0.4 is 26.6 Å². The molecule has 1 aromatic carbocycles. The maximum atomic E-state index is 13.1. The molecule has 33 heavy (non-hydrogen) atoms. The number of hydrogen-bond acceptors (Lipinski definition) is 6. The molecule has 0 radical (unpaired) electrons. The third-order valence-electron chi connectivity index (χ3n) is 6.72. The normalized spacial score (nSPS) is 29.9. The second-order valence-corrected chi connectivity index (χ2v) is 9.00. The van der Waals surface area contributed by atoms with Gasteiger partial charge in [0.1, 0.15) is 6.29 Å². The fraction of sp³-hybridized carbons (Fsp3) is 0.565. The number of hydrogen-bond donors (Lipinski definition) is 5. The number of piperidine rings is 2. The first-order chi connectivity index (χ1) is 15.9. The van der Waals surface area contributed by atoms with Crippen LogP contribution in [-0.4, -0.2) is 53.6 Å². The molecular formula is C23H32N6O4. The van der Waals surface area contributed by atoms with Gasteiger partial charge in [0.2, 0.25) is 23.6 Å². The summed E-state index contributed by atoms with van der Waals surface area (Å²) in [7, 11) is 0. The average Bonchev–Trinajstić information content (AvgIpc) is 2.79. The molecule has 10 nitrogen and oxygen atoms in total. The van der Waals surface area contributed by atoms with Gasteiger partial charge in [-0.1, -0.05) is 13.3 Å². The van der Waals surface area contributed by atoms with Crippen LogP contribution in [0.2, 0.25) is 0 Å². The average molecular weight is 457 g/mol. The SMILES string of the molecule is CCC1CCCCN1C1NC(=O)C2C(NC(=O)CC2C(=O)Nc2ccc(NC(C)=O)cc2)N1. The Balaban J connectivity index is 1.45. The summed E-state index contributed by atoms with van der Waals surface area (Å²) in [6.07, 6.45) is 3.27. The number of carbonyl (C=O) groups is 4. The fourth-order valence-electron chi connectivity index (χ4n) is 5.11. The van der Waals surface area contributed by atoms with Gasteiger partial charge in [-0.25, -0.2) is 0 Å². The highest BCUT2D eigenvalue weighted by Gasteiger charge is 2.49. The van der Waals surface area contributed by atoms with Crippen molar-refractivity contribution >= 4 is 35.0 Å². The van der Waals surface area contributed by atoms with Crippen LogP contribution in [0.25, 0.3) is 0 Å². The van der Waals surface area contributed by atoms with Crippen LogP contribution >= 0.6 is 0 Å². The van der Waals surface area contributed by atoms with Gasteiger partial charge in [-0.3, -0.25) is 29.4 Å². The Morgan fingerprint density at radius 2 is 1.76 bits per heavy atom. The molecule has 4 amide bonds. The minimum Gasteiger partial charge on any atom is -0.340 e. The Labute approximate surface area is 193 Å². The molecule has 178 valence electrons. The zero-order valence-corrected chi connectivity index (χ0v) is 19.0. The number of amides is 4. The van der Waals surface area contributed by atoms with E-state index in [0.29, 0.717) is 17.4 Å². The highest BCUT2D eigenvalue weighted by molar-refractivity contribution is 6.00. The highest BCUT2D eigenvalue weighted by Crippen LogP contribution is 2.30. The predicted molar refractivity (Wildman–Crippen MR) is 123 cm³/mol. The molecule has 0 aliphatic carbocycles. The third-order valence-corrected chi connectivity index (χ3v) is 6.72. The van der Waals surface area contributed by atoms with E-state index in [1.165, 1.54) is 13.3 Å². The number of anilines is 2. The van der Waals surface area contributed by atoms with E-state index in [1.807, 2.05) is 0 Å². The molecule has 0 aromatic heterocycles. The number of fused-ring (bicyclic) bond motifs is 1. The lowest BCUT2D eigenvalue weighted by Crippen LogP contribution is -2.75. The zero-order chi connectivity index (χ0) is 23.5. The summed E-state index contributed by atoms with van der Waals surface area (Å²) in [6, 6.07) is 7.05. The number of nitrogens with zero attached hydrogens (tertiary/aromatic N) is 1. The van der Waals surface area contributed by atoms with Gasteiger partial charge >= 0.3 is 0 Å². The lowest BCUT2D eigenvalue weighted by molar-refractivity contribution is -0.148. The van der Waals surface area contributed by atoms with E-state index in [9.17, 15) is 19.2 Å². The molecule has 3 aliphatic heterocycles. The monoisotopic (exact) mass is 456 g/mol. The number of rotatable bonds is 5. The van der Waals surface area contributed by atoms with Crippen LogP contribution in [0.3, 0.4) is 0 Å². The quantitative estimate of drug-likeness (QED) is 0.448. The summed E-state index contributed by atoms with van der Waals surface area (Å²) in [4.78, 5) is 52.1. The third kappa shape index (κ3) is 5.17. The van der Waals surface area contributed by atoms with E-state index < -0.39 is 18.0 Å². The summed E-state index contributed by atoms with van der Waals surface area (Å²) >= 11 is 0. The van der Waals surface area contributed by atoms with E-state index >= 15 is 0 Å². The summed E-state index contributed by atoms with van der Waals surface area (Å²) in [5, 5.41) is 14.8. The van der Waals surface area contributed by atoms with Crippen LogP contribution in [0, 0.1) is 11.8 Å². The van der Waals surface area contributed by atoms with Crippen LogP contribution in [0.1, 0.15) is 46.0 Å². The second-order valence-electron chi connectivity index (χ2n) is 9.00. The van der Waals surface area contributed by atoms with E-state index in [1.54, 1.807) is 24.3 Å². The van der Waals surface area contributed by atoms with Gasteiger partial charge in [-0.05, 0) is 43.5 Å². The Morgan fingerprint density at radius 3 is 2.42 bits per heavy atom. The maximum Gasteiger partial charge on any atom is 0.229 e. The Bertz CT molecular complexity index is 920. The maximum absolute atomic E-state index is 13.1. The van der Waals surface area contributed by atoms with Gasteiger partial charge in [-0.15, -0.1) is 0 Å². The number of benzene rings is 1. The molecule has 0 bridgehead atoms. The van der Waals surface area contributed by atoms with E-state index in [2.05, 4.69) is 38.4 Å². The molecule has 0 saturated carbocycles.